The number of rotatable bonds is 8. The van der Waals surface area contributed by atoms with Crippen LogP contribution in [0.5, 0.6) is 5.75 Å². The molecule has 0 atom stereocenters. The normalized spacial score (nSPS) is 10.4. The van der Waals surface area contributed by atoms with Gasteiger partial charge in [-0.2, -0.15) is 0 Å². The average molecular weight is 399 g/mol. The Morgan fingerprint density at radius 1 is 1.07 bits per heavy atom. The number of anilines is 4. The number of nitrogens with zero attached hydrogens (tertiary/aromatic N) is 3. The van der Waals surface area contributed by atoms with Gasteiger partial charge in [-0.3, -0.25) is 0 Å². The van der Waals surface area contributed by atoms with Gasteiger partial charge in [0.15, 0.2) is 11.7 Å². The third kappa shape index (κ3) is 5.65. The Kier molecular flexibility index (Phi) is 6.38. The number of aryl methyl sites for hydroxylation is 2. The zero-order valence-electron chi connectivity index (χ0n) is 15.9. The first-order valence-corrected chi connectivity index (χ1v) is 9.60. The molecular formula is C19H21N5O3S. The highest BCUT2D eigenvalue weighted by Crippen LogP contribution is 2.23. The van der Waals surface area contributed by atoms with Crippen LogP contribution in [-0.2, 0) is 9.53 Å². The fourth-order valence-corrected chi connectivity index (χ4v) is 3.04. The van der Waals surface area contributed by atoms with Gasteiger partial charge in [0, 0.05) is 17.1 Å². The molecule has 0 bridgehead atoms. The van der Waals surface area contributed by atoms with Gasteiger partial charge in [0.05, 0.1) is 12.3 Å². The van der Waals surface area contributed by atoms with Crippen molar-refractivity contribution in [2.24, 2.45) is 0 Å². The molecule has 0 aliphatic rings. The number of nitrogens with one attached hydrogen (secondary N) is 2. The van der Waals surface area contributed by atoms with Gasteiger partial charge in [0.2, 0.25) is 0 Å². The van der Waals surface area contributed by atoms with E-state index in [4.69, 9.17) is 9.47 Å². The second-order valence-electron chi connectivity index (χ2n) is 5.85. The van der Waals surface area contributed by atoms with E-state index < -0.39 is 5.97 Å². The van der Waals surface area contributed by atoms with Gasteiger partial charge < -0.3 is 20.1 Å². The van der Waals surface area contributed by atoms with E-state index >= 15 is 0 Å². The van der Waals surface area contributed by atoms with Gasteiger partial charge in [-0.15, -0.1) is 11.3 Å². The lowest BCUT2D eigenvalue weighted by Gasteiger charge is -2.10. The van der Waals surface area contributed by atoms with Crippen LogP contribution < -0.4 is 15.4 Å². The predicted octanol–water partition coefficient (Wildman–Crippen LogP) is 3.98. The first-order chi connectivity index (χ1) is 13.5. The molecule has 0 aliphatic heterocycles. The molecule has 3 rings (SSSR count). The van der Waals surface area contributed by atoms with E-state index in [-0.39, 0.29) is 6.61 Å². The number of hydrogen-bond acceptors (Lipinski definition) is 9. The van der Waals surface area contributed by atoms with Crippen LogP contribution >= 0.6 is 11.3 Å². The highest BCUT2D eigenvalue weighted by molar-refractivity contribution is 7.13. The van der Waals surface area contributed by atoms with Crippen molar-refractivity contribution in [3.8, 4) is 5.75 Å². The van der Waals surface area contributed by atoms with Crippen LogP contribution in [0.4, 0.5) is 22.5 Å². The molecular weight excluding hydrogens is 378 g/mol. The van der Waals surface area contributed by atoms with Crippen molar-refractivity contribution < 1.29 is 14.3 Å². The summed E-state index contributed by atoms with van der Waals surface area (Å²) in [5.41, 5.74) is 1.79. The summed E-state index contributed by atoms with van der Waals surface area (Å²) in [6, 6.07) is 9.04. The number of thiazole rings is 1. The monoisotopic (exact) mass is 399 g/mol. The van der Waals surface area contributed by atoms with Crippen molar-refractivity contribution in [3.63, 3.8) is 0 Å². The summed E-state index contributed by atoms with van der Waals surface area (Å²) in [6.45, 7) is 5.75. The third-order valence-corrected chi connectivity index (χ3v) is 4.36. The molecule has 0 fully saturated rings. The molecule has 1 aromatic carbocycles. The van der Waals surface area contributed by atoms with Crippen molar-refractivity contribution >= 4 is 39.8 Å². The summed E-state index contributed by atoms with van der Waals surface area (Å²) in [6.07, 6.45) is 0. The maximum Gasteiger partial charge on any atom is 0.344 e. The molecule has 146 valence electrons. The topological polar surface area (TPSA) is 98.3 Å². The quantitative estimate of drug-likeness (QED) is 0.549. The molecule has 28 heavy (non-hydrogen) atoms. The number of esters is 1. The Bertz CT molecular complexity index is 943. The van der Waals surface area contributed by atoms with Crippen molar-refractivity contribution in [3.05, 3.63) is 47.2 Å². The first kappa shape index (κ1) is 19.6. The number of ether oxygens (including phenoxy) is 2. The molecule has 0 spiro atoms. The molecule has 0 unspecified atom stereocenters. The third-order valence-electron chi connectivity index (χ3n) is 3.48. The summed E-state index contributed by atoms with van der Waals surface area (Å²) in [7, 11) is 0. The lowest BCUT2D eigenvalue weighted by Crippen LogP contribution is -2.14. The largest absolute Gasteiger partial charge is 0.482 e. The maximum absolute atomic E-state index is 11.3. The highest BCUT2D eigenvalue weighted by atomic mass is 32.1. The summed E-state index contributed by atoms with van der Waals surface area (Å²) >= 11 is 1.52. The number of aromatic nitrogens is 3. The molecule has 2 aromatic heterocycles. The van der Waals surface area contributed by atoms with Gasteiger partial charge in [-0.1, -0.05) is 0 Å². The Morgan fingerprint density at radius 3 is 2.43 bits per heavy atom. The van der Waals surface area contributed by atoms with Crippen molar-refractivity contribution in [2.75, 3.05) is 23.8 Å². The Morgan fingerprint density at radius 2 is 1.79 bits per heavy atom. The van der Waals surface area contributed by atoms with E-state index in [2.05, 4.69) is 25.6 Å². The zero-order chi connectivity index (χ0) is 19.9. The van der Waals surface area contributed by atoms with E-state index in [1.165, 1.54) is 11.3 Å². The molecule has 0 saturated carbocycles. The van der Waals surface area contributed by atoms with Crippen LogP contribution in [0.3, 0.4) is 0 Å². The maximum atomic E-state index is 11.3. The Labute approximate surface area is 167 Å². The zero-order valence-corrected chi connectivity index (χ0v) is 16.7. The summed E-state index contributed by atoms with van der Waals surface area (Å²) in [5, 5.41) is 9.18. The average Bonchev–Trinajstić information content (AvgIpc) is 3.05. The smallest absolute Gasteiger partial charge is 0.344 e. The summed E-state index contributed by atoms with van der Waals surface area (Å²) in [4.78, 5) is 24.5. The van der Waals surface area contributed by atoms with Crippen molar-refractivity contribution in [1.29, 1.82) is 0 Å². The van der Waals surface area contributed by atoms with Gasteiger partial charge in [0.1, 0.15) is 23.2 Å². The van der Waals surface area contributed by atoms with E-state index in [0.717, 1.165) is 16.5 Å². The lowest BCUT2D eigenvalue weighted by molar-refractivity contribution is -0.145. The van der Waals surface area contributed by atoms with Gasteiger partial charge in [-0.25, -0.2) is 19.7 Å². The molecule has 9 heteroatoms. The first-order valence-electron chi connectivity index (χ1n) is 8.72. The Balaban J connectivity index is 1.63. The van der Waals surface area contributed by atoms with E-state index in [1.54, 1.807) is 19.1 Å². The van der Waals surface area contributed by atoms with Crippen LogP contribution in [-0.4, -0.2) is 34.1 Å². The highest BCUT2D eigenvalue weighted by Gasteiger charge is 2.06. The van der Waals surface area contributed by atoms with Gasteiger partial charge in [0.25, 0.3) is 0 Å². The minimum atomic E-state index is -0.392. The lowest BCUT2D eigenvalue weighted by atomic mass is 10.3. The molecule has 2 heterocycles. The fourth-order valence-electron chi connectivity index (χ4n) is 2.34. The molecule has 2 N–H and O–H groups in total. The van der Waals surface area contributed by atoms with Crippen LogP contribution in [0, 0.1) is 13.8 Å². The molecule has 3 aromatic rings. The second kappa shape index (κ2) is 9.14. The van der Waals surface area contributed by atoms with Crippen LogP contribution in [0.15, 0.2) is 35.7 Å². The Hall–Kier alpha value is -3.20. The predicted molar refractivity (Wildman–Crippen MR) is 109 cm³/mol. The molecule has 8 nitrogen and oxygen atoms in total. The molecule has 0 aliphatic carbocycles. The van der Waals surface area contributed by atoms with Crippen molar-refractivity contribution in [2.45, 2.75) is 20.8 Å². The summed E-state index contributed by atoms with van der Waals surface area (Å²) < 4.78 is 10.2. The van der Waals surface area contributed by atoms with E-state index in [9.17, 15) is 4.79 Å². The number of carbonyl (C=O) groups is 1. The molecule has 0 radical (unpaired) electrons. The standard InChI is InChI=1S/C19H21N5O3S/c1-4-26-18(25)10-27-15-7-5-14(6-8-15)23-16-9-17(22-13(3)21-16)24-19-20-12(2)11-28-19/h5-9,11H,4,10H2,1-3H3,(H2,20,21,22,23,24). The van der Waals surface area contributed by atoms with E-state index in [0.29, 0.717) is 29.8 Å². The molecule has 0 amide bonds. The number of benzene rings is 1. The SMILES string of the molecule is CCOC(=O)COc1ccc(Nc2cc(Nc3nc(C)cs3)nc(C)n2)cc1. The fraction of sp³-hybridized carbons (Fsp3) is 0.263. The number of carbonyl (C=O) groups excluding carboxylic acids is 1. The minimum Gasteiger partial charge on any atom is -0.482 e. The summed E-state index contributed by atoms with van der Waals surface area (Å²) in [5.74, 6) is 2.15. The van der Waals surface area contributed by atoms with Gasteiger partial charge >= 0.3 is 5.97 Å². The van der Waals surface area contributed by atoms with Gasteiger partial charge in [-0.05, 0) is 45.0 Å². The number of hydrogen-bond donors (Lipinski definition) is 2. The second-order valence-corrected chi connectivity index (χ2v) is 6.71. The van der Waals surface area contributed by atoms with Crippen LogP contribution in [0.2, 0.25) is 0 Å². The van der Waals surface area contributed by atoms with Crippen molar-refractivity contribution in [1.82, 2.24) is 15.0 Å². The van der Waals surface area contributed by atoms with E-state index in [1.807, 2.05) is 37.4 Å². The van der Waals surface area contributed by atoms with Crippen LogP contribution in [0.25, 0.3) is 0 Å². The molecule has 0 saturated heterocycles. The minimum absolute atomic E-state index is 0.114. The van der Waals surface area contributed by atoms with Crippen LogP contribution in [0.1, 0.15) is 18.4 Å².